The predicted molar refractivity (Wildman–Crippen MR) is 75.5 cm³/mol. The SMILES string of the molecule is CCN(CC)CCCN(CC)CCC1CNC1. The summed E-state index contributed by atoms with van der Waals surface area (Å²) in [6.07, 6.45) is 2.70. The first-order valence-corrected chi connectivity index (χ1v) is 7.45. The van der Waals surface area contributed by atoms with E-state index in [-0.39, 0.29) is 0 Å². The first kappa shape index (κ1) is 14.9. The van der Waals surface area contributed by atoms with Crippen LogP contribution in [0.5, 0.6) is 0 Å². The summed E-state index contributed by atoms with van der Waals surface area (Å²) < 4.78 is 0. The van der Waals surface area contributed by atoms with Gasteiger partial charge in [-0.15, -0.1) is 0 Å². The van der Waals surface area contributed by atoms with Gasteiger partial charge < -0.3 is 15.1 Å². The van der Waals surface area contributed by atoms with Gasteiger partial charge >= 0.3 is 0 Å². The van der Waals surface area contributed by atoms with Crippen molar-refractivity contribution in [3.8, 4) is 0 Å². The Kier molecular flexibility index (Phi) is 7.82. The maximum Gasteiger partial charge on any atom is -0.000666 e. The molecule has 0 bridgehead atoms. The molecule has 0 aromatic rings. The number of nitrogens with zero attached hydrogens (tertiary/aromatic N) is 2. The topological polar surface area (TPSA) is 18.5 Å². The summed E-state index contributed by atoms with van der Waals surface area (Å²) in [7, 11) is 0. The molecule has 3 nitrogen and oxygen atoms in total. The van der Waals surface area contributed by atoms with Crippen molar-refractivity contribution in [1.82, 2.24) is 15.1 Å². The molecule has 1 fully saturated rings. The first-order valence-electron chi connectivity index (χ1n) is 7.45. The summed E-state index contributed by atoms with van der Waals surface area (Å²) in [6, 6.07) is 0. The van der Waals surface area contributed by atoms with Crippen molar-refractivity contribution in [2.24, 2.45) is 5.92 Å². The second-order valence-electron chi connectivity index (χ2n) is 5.13. The Morgan fingerprint density at radius 1 is 0.882 bits per heavy atom. The summed E-state index contributed by atoms with van der Waals surface area (Å²) in [4.78, 5) is 5.13. The summed E-state index contributed by atoms with van der Waals surface area (Å²) in [5, 5.41) is 3.35. The Balaban J connectivity index is 2.04. The maximum absolute atomic E-state index is 3.35. The molecule has 1 heterocycles. The van der Waals surface area contributed by atoms with Gasteiger partial charge in [-0.25, -0.2) is 0 Å². The van der Waals surface area contributed by atoms with Crippen LogP contribution in [0.3, 0.4) is 0 Å². The zero-order valence-corrected chi connectivity index (χ0v) is 12.0. The highest BCUT2D eigenvalue weighted by molar-refractivity contribution is 4.75. The molecule has 0 radical (unpaired) electrons. The standard InChI is InChI=1S/C14H31N3/c1-4-16(5-2)9-7-10-17(6-3)11-8-14-12-15-13-14/h14-15H,4-13H2,1-3H3. The molecular weight excluding hydrogens is 210 g/mol. The van der Waals surface area contributed by atoms with Crippen molar-refractivity contribution >= 4 is 0 Å². The Morgan fingerprint density at radius 3 is 1.94 bits per heavy atom. The lowest BCUT2D eigenvalue weighted by Crippen LogP contribution is -2.43. The van der Waals surface area contributed by atoms with E-state index < -0.39 is 0 Å². The average molecular weight is 241 g/mol. The van der Waals surface area contributed by atoms with E-state index in [1.54, 1.807) is 0 Å². The number of hydrogen-bond donors (Lipinski definition) is 1. The van der Waals surface area contributed by atoms with E-state index in [9.17, 15) is 0 Å². The van der Waals surface area contributed by atoms with Gasteiger partial charge in [0.1, 0.15) is 0 Å². The Morgan fingerprint density at radius 2 is 1.47 bits per heavy atom. The van der Waals surface area contributed by atoms with Gasteiger partial charge in [0.05, 0.1) is 0 Å². The maximum atomic E-state index is 3.35. The Bertz CT molecular complexity index is 176. The molecule has 1 saturated heterocycles. The molecule has 1 N–H and O–H groups in total. The second kappa shape index (κ2) is 8.90. The molecule has 0 aromatic carbocycles. The molecule has 1 aliphatic rings. The highest BCUT2D eigenvalue weighted by Crippen LogP contribution is 2.09. The Hall–Kier alpha value is -0.120. The number of nitrogens with one attached hydrogen (secondary N) is 1. The van der Waals surface area contributed by atoms with Crippen LogP contribution in [0.2, 0.25) is 0 Å². The van der Waals surface area contributed by atoms with Crippen molar-refractivity contribution in [3.63, 3.8) is 0 Å². The second-order valence-corrected chi connectivity index (χ2v) is 5.13. The van der Waals surface area contributed by atoms with Gasteiger partial charge in [-0.1, -0.05) is 20.8 Å². The van der Waals surface area contributed by atoms with E-state index in [2.05, 4.69) is 35.9 Å². The molecule has 0 unspecified atom stereocenters. The fraction of sp³-hybridized carbons (Fsp3) is 1.00. The fourth-order valence-electron chi connectivity index (χ4n) is 2.40. The summed E-state index contributed by atoms with van der Waals surface area (Å²) >= 11 is 0. The third-order valence-corrected chi connectivity index (χ3v) is 4.01. The highest BCUT2D eigenvalue weighted by Gasteiger charge is 2.17. The van der Waals surface area contributed by atoms with Gasteiger partial charge in [0, 0.05) is 0 Å². The Labute approximate surface area is 108 Å². The van der Waals surface area contributed by atoms with Crippen molar-refractivity contribution in [2.45, 2.75) is 33.6 Å². The third kappa shape index (κ3) is 5.84. The van der Waals surface area contributed by atoms with Gasteiger partial charge in [-0.3, -0.25) is 0 Å². The van der Waals surface area contributed by atoms with E-state index in [1.807, 2.05) is 0 Å². The van der Waals surface area contributed by atoms with Crippen LogP contribution in [-0.2, 0) is 0 Å². The monoisotopic (exact) mass is 241 g/mol. The summed E-state index contributed by atoms with van der Waals surface area (Å²) in [5.74, 6) is 0.951. The molecule has 102 valence electrons. The first-order chi connectivity index (χ1) is 8.30. The largest absolute Gasteiger partial charge is 0.316 e. The van der Waals surface area contributed by atoms with Crippen LogP contribution in [0.4, 0.5) is 0 Å². The molecule has 0 aromatic heterocycles. The third-order valence-electron chi connectivity index (χ3n) is 4.01. The van der Waals surface area contributed by atoms with Gasteiger partial charge in [-0.05, 0) is 71.1 Å². The molecule has 0 spiro atoms. The molecule has 0 saturated carbocycles. The number of hydrogen-bond acceptors (Lipinski definition) is 3. The molecular formula is C14H31N3. The van der Waals surface area contributed by atoms with Gasteiger partial charge in [-0.2, -0.15) is 0 Å². The van der Waals surface area contributed by atoms with Crippen molar-refractivity contribution < 1.29 is 0 Å². The van der Waals surface area contributed by atoms with E-state index in [4.69, 9.17) is 0 Å². The minimum atomic E-state index is 0.951. The predicted octanol–water partition coefficient (Wildman–Crippen LogP) is 1.65. The molecule has 17 heavy (non-hydrogen) atoms. The van der Waals surface area contributed by atoms with E-state index in [0.29, 0.717) is 0 Å². The van der Waals surface area contributed by atoms with Crippen molar-refractivity contribution in [2.75, 3.05) is 52.4 Å². The lowest BCUT2D eigenvalue weighted by Gasteiger charge is -2.30. The minimum Gasteiger partial charge on any atom is -0.316 e. The van der Waals surface area contributed by atoms with Crippen molar-refractivity contribution in [3.05, 3.63) is 0 Å². The van der Waals surface area contributed by atoms with Crippen LogP contribution in [-0.4, -0.2) is 62.2 Å². The zero-order valence-electron chi connectivity index (χ0n) is 12.0. The number of rotatable bonds is 10. The van der Waals surface area contributed by atoms with E-state index in [1.165, 1.54) is 65.2 Å². The molecule has 1 rings (SSSR count). The van der Waals surface area contributed by atoms with Crippen LogP contribution in [0.25, 0.3) is 0 Å². The van der Waals surface area contributed by atoms with Crippen LogP contribution < -0.4 is 5.32 Å². The average Bonchev–Trinajstić information content (AvgIpc) is 2.30. The van der Waals surface area contributed by atoms with Crippen LogP contribution in [0.15, 0.2) is 0 Å². The van der Waals surface area contributed by atoms with Gasteiger partial charge in [0.25, 0.3) is 0 Å². The van der Waals surface area contributed by atoms with E-state index in [0.717, 1.165) is 5.92 Å². The smallest absolute Gasteiger partial charge is 0.000666 e. The van der Waals surface area contributed by atoms with Crippen LogP contribution in [0, 0.1) is 5.92 Å². The quantitative estimate of drug-likeness (QED) is 0.627. The van der Waals surface area contributed by atoms with E-state index >= 15 is 0 Å². The normalized spacial score (nSPS) is 16.8. The lowest BCUT2D eigenvalue weighted by molar-refractivity contribution is 0.215. The highest BCUT2D eigenvalue weighted by atomic mass is 15.1. The van der Waals surface area contributed by atoms with Crippen molar-refractivity contribution in [1.29, 1.82) is 0 Å². The molecule has 0 atom stereocenters. The lowest BCUT2D eigenvalue weighted by atomic mass is 9.99. The molecule has 1 aliphatic heterocycles. The molecule has 3 heteroatoms. The fourth-order valence-corrected chi connectivity index (χ4v) is 2.40. The minimum absolute atomic E-state index is 0.951. The van der Waals surface area contributed by atoms with Crippen LogP contribution in [0.1, 0.15) is 33.6 Å². The summed E-state index contributed by atoms with van der Waals surface area (Å²) in [6.45, 7) is 16.7. The zero-order chi connectivity index (χ0) is 12.5. The van der Waals surface area contributed by atoms with Gasteiger partial charge in [0.2, 0.25) is 0 Å². The molecule has 0 aliphatic carbocycles. The van der Waals surface area contributed by atoms with Crippen LogP contribution >= 0.6 is 0 Å². The molecule has 0 amide bonds. The summed E-state index contributed by atoms with van der Waals surface area (Å²) in [5.41, 5.74) is 0. The van der Waals surface area contributed by atoms with Gasteiger partial charge in [0.15, 0.2) is 0 Å².